The van der Waals surface area contributed by atoms with Crippen LogP contribution in [0.4, 0.5) is 13.2 Å². The van der Waals surface area contributed by atoms with Gasteiger partial charge in [-0.15, -0.1) is 0 Å². The van der Waals surface area contributed by atoms with Crippen molar-refractivity contribution in [2.24, 2.45) is 5.73 Å². The summed E-state index contributed by atoms with van der Waals surface area (Å²) in [5.74, 6) is -1.62. The van der Waals surface area contributed by atoms with Gasteiger partial charge in [0.25, 0.3) is 0 Å². The van der Waals surface area contributed by atoms with E-state index >= 15 is 0 Å². The Kier molecular flexibility index (Phi) is 5.62. The maximum atomic E-state index is 11.9. The van der Waals surface area contributed by atoms with Crippen molar-refractivity contribution in [3.8, 4) is 5.75 Å². The Morgan fingerprint density at radius 1 is 1.21 bits per heavy atom. The maximum absolute atomic E-state index is 11.9. The lowest BCUT2D eigenvalue weighted by Crippen LogP contribution is -2.25. The third kappa shape index (κ3) is 5.60. The molecule has 106 valence electrons. The number of hydrogen-bond donors (Lipinski definition) is 1. The minimum atomic E-state index is -4.97. The lowest BCUT2D eigenvalue weighted by Gasteiger charge is -2.08. The van der Waals surface area contributed by atoms with Gasteiger partial charge in [-0.05, 0) is 30.7 Å². The minimum Gasteiger partial charge on any atom is -0.494 e. The molecule has 2 N–H and O–H groups in total. The quantitative estimate of drug-likeness (QED) is 0.638. The van der Waals surface area contributed by atoms with Crippen LogP contribution in [0, 0.1) is 0 Å². The molecular formula is C12H14F3NO3. The van der Waals surface area contributed by atoms with Gasteiger partial charge in [-0.25, -0.2) is 4.79 Å². The van der Waals surface area contributed by atoms with Crippen molar-refractivity contribution in [3.63, 3.8) is 0 Å². The van der Waals surface area contributed by atoms with E-state index in [-0.39, 0.29) is 0 Å². The van der Waals surface area contributed by atoms with Gasteiger partial charge in [0.15, 0.2) is 0 Å². The summed E-state index contributed by atoms with van der Waals surface area (Å²) in [4.78, 5) is 10.5. The largest absolute Gasteiger partial charge is 0.494 e. The second-order valence-electron chi connectivity index (χ2n) is 3.71. The first kappa shape index (κ1) is 15.3. The van der Waals surface area contributed by atoms with Gasteiger partial charge in [-0.1, -0.05) is 12.1 Å². The van der Waals surface area contributed by atoms with E-state index in [1.165, 1.54) is 12.1 Å². The van der Waals surface area contributed by atoms with Crippen LogP contribution in [0.3, 0.4) is 0 Å². The predicted octanol–water partition coefficient (Wildman–Crippen LogP) is 2.02. The van der Waals surface area contributed by atoms with Crippen molar-refractivity contribution in [1.82, 2.24) is 0 Å². The molecule has 7 heteroatoms. The van der Waals surface area contributed by atoms with E-state index in [1.807, 2.05) is 0 Å². The highest BCUT2D eigenvalue weighted by Crippen LogP contribution is 2.18. The highest BCUT2D eigenvalue weighted by Gasteiger charge is 2.40. The van der Waals surface area contributed by atoms with Crippen LogP contribution in [0.2, 0.25) is 0 Å². The molecule has 19 heavy (non-hydrogen) atoms. The molecular weight excluding hydrogens is 263 g/mol. The van der Waals surface area contributed by atoms with Crippen LogP contribution in [-0.2, 0) is 16.1 Å². The van der Waals surface area contributed by atoms with Gasteiger partial charge in [0.2, 0.25) is 0 Å². The van der Waals surface area contributed by atoms with Gasteiger partial charge in [0, 0.05) is 0 Å². The van der Waals surface area contributed by atoms with Crippen LogP contribution in [0.25, 0.3) is 0 Å². The van der Waals surface area contributed by atoms with Crippen molar-refractivity contribution in [2.75, 3.05) is 13.2 Å². The van der Waals surface area contributed by atoms with Crippen LogP contribution in [-0.4, -0.2) is 25.3 Å². The number of rotatable bonds is 6. The smallest absolute Gasteiger partial charge is 0.490 e. The predicted molar refractivity (Wildman–Crippen MR) is 61.5 cm³/mol. The van der Waals surface area contributed by atoms with Gasteiger partial charge >= 0.3 is 12.1 Å². The normalized spacial score (nSPS) is 11.2. The lowest BCUT2D eigenvalue weighted by molar-refractivity contribution is -0.201. The fourth-order valence-corrected chi connectivity index (χ4v) is 1.19. The average Bonchev–Trinajstić information content (AvgIpc) is 2.36. The first-order chi connectivity index (χ1) is 8.93. The molecule has 1 aromatic rings. The zero-order valence-corrected chi connectivity index (χ0v) is 10.1. The standard InChI is InChI=1S/C12H14F3NO3/c13-12(14,15)11(17)19-8-9-2-4-10(5-3-9)18-7-1-6-16/h2-5H,1,6-8,16H2. The van der Waals surface area contributed by atoms with E-state index < -0.39 is 18.8 Å². The Balaban J connectivity index is 2.42. The summed E-state index contributed by atoms with van der Waals surface area (Å²) in [6.07, 6.45) is -4.25. The molecule has 0 aliphatic carbocycles. The first-order valence-electron chi connectivity index (χ1n) is 5.59. The maximum Gasteiger partial charge on any atom is 0.490 e. The topological polar surface area (TPSA) is 61.6 Å². The van der Waals surface area contributed by atoms with Crippen LogP contribution < -0.4 is 10.5 Å². The molecule has 4 nitrogen and oxygen atoms in total. The minimum absolute atomic E-state index is 0.429. The Morgan fingerprint density at radius 2 is 1.84 bits per heavy atom. The monoisotopic (exact) mass is 277 g/mol. The fraction of sp³-hybridized carbons (Fsp3) is 0.417. The SMILES string of the molecule is NCCCOc1ccc(COC(=O)C(F)(F)F)cc1. The van der Waals surface area contributed by atoms with E-state index in [0.717, 1.165) is 0 Å². The number of hydrogen-bond acceptors (Lipinski definition) is 4. The van der Waals surface area contributed by atoms with Crippen molar-refractivity contribution in [1.29, 1.82) is 0 Å². The number of esters is 1. The number of halogens is 3. The molecule has 1 rings (SSSR count). The molecule has 0 fully saturated rings. The Bertz CT molecular complexity index is 404. The molecule has 0 spiro atoms. The number of ether oxygens (including phenoxy) is 2. The summed E-state index contributed by atoms with van der Waals surface area (Å²) in [5.41, 5.74) is 5.75. The van der Waals surface area contributed by atoms with Gasteiger partial charge in [-0.3, -0.25) is 0 Å². The van der Waals surface area contributed by atoms with Gasteiger partial charge in [-0.2, -0.15) is 13.2 Å². The molecule has 0 amide bonds. The van der Waals surface area contributed by atoms with E-state index in [2.05, 4.69) is 4.74 Å². The molecule has 0 saturated heterocycles. The summed E-state index contributed by atoms with van der Waals surface area (Å²) in [6.45, 7) is 0.561. The molecule has 0 radical (unpaired) electrons. The summed E-state index contributed by atoms with van der Waals surface area (Å²) >= 11 is 0. The highest BCUT2D eigenvalue weighted by molar-refractivity contribution is 5.75. The van der Waals surface area contributed by atoms with E-state index in [4.69, 9.17) is 10.5 Å². The summed E-state index contributed by atoms with van der Waals surface area (Å²) in [5, 5.41) is 0. The van der Waals surface area contributed by atoms with Gasteiger partial charge in [0.05, 0.1) is 6.61 Å². The van der Waals surface area contributed by atoms with Crippen molar-refractivity contribution >= 4 is 5.97 Å². The average molecular weight is 277 g/mol. The third-order valence-electron chi connectivity index (χ3n) is 2.14. The number of alkyl halides is 3. The van der Waals surface area contributed by atoms with Crippen LogP contribution >= 0.6 is 0 Å². The second kappa shape index (κ2) is 6.98. The third-order valence-corrected chi connectivity index (χ3v) is 2.14. The molecule has 0 atom stereocenters. The van der Waals surface area contributed by atoms with Crippen LogP contribution in [0.15, 0.2) is 24.3 Å². The zero-order valence-electron chi connectivity index (χ0n) is 10.1. The number of benzene rings is 1. The summed E-state index contributed by atoms with van der Waals surface area (Å²) < 4.78 is 45.1. The van der Waals surface area contributed by atoms with E-state index in [1.54, 1.807) is 12.1 Å². The Hall–Kier alpha value is -1.76. The second-order valence-corrected chi connectivity index (χ2v) is 3.71. The first-order valence-corrected chi connectivity index (χ1v) is 5.59. The Morgan fingerprint density at radius 3 is 2.37 bits per heavy atom. The van der Waals surface area contributed by atoms with E-state index in [9.17, 15) is 18.0 Å². The summed E-state index contributed by atoms with van der Waals surface area (Å²) in [6, 6.07) is 6.24. The summed E-state index contributed by atoms with van der Waals surface area (Å²) in [7, 11) is 0. The van der Waals surface area contributed by atoms with Crippen LogP contribution in [0.5, 0.6) is 5.75 Å². The number of carbonyl (C=O) groups excluding carboxylic acids is 1. The molecule has 0 aliphatic rings. The molecule has 0 aliphatic heterocycles. The molecule has 0 aromatic heterocycles. The number of nitrogens with two attached hydrogens (primary N) is 1. The molecule has 0 heterocycles. The Labute approximate surface area is 108 Å². The highest BCUT2D eigenvalue weighted by atomic mass is 19.4. The molecule has 0 unspecified atom stereocenters. The van der Waals surface area contributed by atoms with Gasteiger partial charge < -0.3 is 15.2 Å². The van der Waals surface area contributed by atoms with E-state index in [0.29, 0.717) is 30.9 Å². The number of carbonyl (C=O) groups is 1. The zero-order chi connectivity index (χ0) is 14.3. The van der Waals surface area contributed by atoms with Crippen molar-refractivity contribution in [3.05, 3.63) is 29.8 Å². The lowest BCUT2D eigenvalue weighted by atomic mass is 10.2. The molecule has 0 bridgehead atoms. The molecule has 1 aromatic carbocycles. The van der Waals surface area contributed by atoms with Crippen molar-refractivity contribution in [2.45, 2.75) is 19.2 Å². The fourth-order valence-electron chi connectivity index (χ4n) is 1.19. The van der Waals surface area contributed by atoms with Gasteiger partial charge in [0.1, 0.15) is 12.4 Å². The van der Waals surface area contributed by atoms with Crippen LogP contribution in [0.1, 0.15) is 12.0 Å². The molecule has 0 saturated carbocycles. The van der Waals surface area contributed by atoms with Crippen molar-refractivity contribution < 1.29 is 27.4 Å².